The fourth-order valence-electron chi connectivity index (χ4n) is 2.47. The molecule has 2 unspecified atom stereocenters. The normalized spacial score (nSPS) is 19.9. The van der Waals surface area contributed by atoms with Crippen LogP contribution in [0, 0.1) is 5.92 Å². The van der Waals surface area contributed by atoms with Gasteiger partial charge in [0, 0.05) is 17.5 Å². The lowest BCUT2D eigenvalue weighted by molar-refractivity contribution is -0.217. The van der Waals surface area contributed by atoms with Crippen LogP contribution in [0.2, 0.25) is 9.36 Å². The number of benzene rings is 1. The topological polar surface area (TPSA) is 55.8 Å². The maximum atomic E-state index is 13.1. The Morgan fingerprint density at radius 1 is 1.32 bits per heavy atom. The fourth-order valence-corrected chi connectivity index (χ4v) is 3.47. The van der Waals surface area contributed by atoms with Crippen molar-refractivity contribution in [2.24, 2.45) is 5.92 Å². The summed E-state index contributed by atoms with van der Waals surface area (Å²) in [5.74, 6) is -2.98. The van der Waals surface area contributed by atoms with E-state index in [1.54, 1.807) is 5.38 Å². The van der Waals surface area contributed by atoms with Crippen LogP contribution in [0.25, 0.3) is 0 Å². The van der Waals surface area contributed by atoms with Crippen LogP contribution < -0.4 is 9.47 Å². The second-order valence-corrected chi connectivity index (χ2v) is 7.26. The molecule has 0 aliphatic carbocycles. The molecular formula is C15H9Cl2F3O4S. The third kappa shape index (κ3) is 3.80. The number of ether oxygens (including phenoxy) is 2. The van der Waals surface area contributed by atoms with E-state index >= 15 is 0 Å². The Morgan fingerprint density at radius 2 is 2.04 bits per heavy atom. The van der Waals surface area contributed by atoms with Crippen molar-refractivity contribution in [3.05, 3.63) is 38.5 Å². The molecule has 3 rings (SSSR count). The lowest BCUT2D eigenvalue weighted by Crippen LogP contribution is -2.47. The number of carboxylic acid groups (broad SMARTS) is 1. The summed E-state index contributed by atoms with van der Waals surface area (Å²) in [6, 6.07) is 4.10. The largest absolute Gasteiger partial charge is 0.481 e. The van der Waals surface area contributed by atoms with Gasteiger partial charge in [0.25, 0.3) is 0 Å². The van der Waals surface area contributed by atoms with Crippen molar-refractivity contribution in [2.75, 3.05) is 0 Å². The minimum absolute atomic E-state index is 0.0876. The van der Waals surface area contributed by atoms with Crippen molar-refractivity contribution >= 4 is 40.5 Å². The number of halogens is 5. The molecule has 10 heteroatoms. The second kappa shape index (κ2) is 6.59. The van der Waals surface area contributed by atoms with E-state index in [0.717, 1.165) is 0 Å². The first kappa shape index (κ1) is 18.2. The van der Waals surface area contributed by atoms with Gasteiger partial charge in [0.2, 0.25) is 6.10 Å². The summed E-state index contributed by atoms with van der Waals surface area (Å²) in [6.45, 7) is 0. The van der Waals surface area contributed by atoms with Gasteiger partial charge in [-0.2, -0.15) is 13.2 Å². The minimum atomic E-state index is -4.82. The summed E-state index contributed by atoms with van der Waals surface area (Å²) >= 11 is 13.1. The SMILES string of the molecule is O=C(O)C1Cc2cc(Cl)c(Oc3csc(Cl)c3)cc2OC1C(F)(F)F. The summed E-state index contributed by atoms with van der Waals surface area (Å²) in [6.07, 6.45) is -7.61. The highest BCUT2D eigenvalue weighted by Crippen LogP contribution is 2.43. The summed E-state index contributed by atoms with van der Waals surface area (Å²) in [5, 5.41) is 10.8. The molecule has 0 bridgehead atoms. The van der Waals surface area contributed by atoms with Gasteiger partial charge < -0.3 is 14.6 Å². The van der Waals surface area contributed by atoms with E-state index in [0.29, 0.717) is 10.1 Å². The highest BCUT2D eigenvalue weighted by Gasteiger charge is 2.52. The fraction of sp³-hybridized carbons (Fsp3) is 0.267. The van der Waals surface area contributed by atoms with Crippen molar-refractivity contribution in [1.29, 1.82) is 0 Å². The number of carbonyl (C=O) groups is 1. The lowest BCUT2D eigenvalue weighted by atomic mass is 9.90. The molecular weight excluding hydrogens is 404 g/mol. The number of carboxylic acids is 1. The molecule has 2 heterocycles. The maximum absolute atomic E-state index is 13.1. The first-order valence-corrected chi connectivity index (χ1v) is 8.49. The van der Waals surface area contributed by atoms with Crippen LogP contribution in [0.3, 0.4) is 0 Å². The van der Waals surface area contributed by atoms with Crippen LogP contribution in [-0.2, 0) is 11.2 Å². The van der Waals surface area contributed by atoms with Crippen molar-refractivity contribution in [1.82, 2.24) is 0 Å². The number of hydrogen-bond acceptors (Lipinski definition) is 4. The zero-order valence-electron chi connectivity index (χ0n) is 12.1. The van der Waals surface area contributed by atoms with E-state index in [-0.39, 0.29) is 28.5 Å². The lowest BCUT2D eigenvalue weighted by Gasteiger charge is -2.32. The van der Waals surface area contributed by atoms with Crippen molar-refractivity contribution < 1.29 is 32.5 Å². The predicted octanol–water partition coefficient (Wildman–Crippen LogP) is 5.41. The number of hydrogen-bond donors (Lipinski definition) is 1. The van der Waals surface area contributed by atoms with Crippen LogP contribution in [0.4, 0.5) is 13.2 Å². The molecule has 0 saturated heterocycles. The molecule has 2 atom stereocenters. The average Bonchev–Trinajstić information content (AvgIpc) is 2.91. The number of thiophene rings is 1. The van der Waals surface area contributed by atoms with Gasteiger partial charge in [-0.15, -0.1) is 11.3 Å². The van der Waals surface area contributed by atoms with E-state index < -0.39 is 24.2 Å². The molecule has 1 aliphatic rings. The van der Waals surface area contributed by atoms with E-state index in [9.17, 15) is 18.0 Å². The zero-order valence-corrected chi connectivity index (χ0v) is 14.5. The van der Waals surface area contributed by atoms with E-state index in [1.807, 2.05) is 0 Å². The molecule has 0 spiro atoms. The summed E-state index contributed by atoms with van der Waals surface area (Å²) in [5.41, 5.74) is 0.272. The zero-order chi connectivity index (χ0) is 18.4. The van der Waals surface area contributed by atoms with E-state index in [4.69, 9.17) is 37.8 Å². The molecule has 1 aromatic heterocycles. The quantitative estimate of drug-likeness (QED) is 0.731. The van der Waals surface area contributed by atoms with Crippen molar-refractivity contribution in [3.63, 3.8) is 0 Å². The highest BCUT2D eigenvalue weighted by molar-refractivity contribution is 7.14. The van der Waals surface area contributed by atoms with Gasteiger partial charge in [-0.05, 0) is 18.1 Å². The second-order valence-electron chi connectivity index (χ2n) is 5.31. The van der Waals surface area contributed by atoms with E-state index in [2.05, 4.69) is 0 Å². The Morgan fingerprint density at radius 3 is 2.60 bits per heavy atom. The van der Waals surface area contributed by atoms with Crippen LogP contribution in [0.1, 0.15) is 5.56 Å². The van der Waals surface area contributed by atoms with Crippen LogP contribution in [-0.4, -0.2) is 23.4 Å². The summed E-state index contributed by atoms with van der Waals surface area (Å²) < 4.78 is 50.3. The minimum Gasteiger partial charge on any atom is -0.481 e. The number of fused-ring (bicyclic) bond motifs is 1. The number of rotatable bonds is 3. The molecule has 2 aromatic rings. The van der Waals surface area contributed by atoms with Gasteiger partial charge in [0.05, 0.1) is 9.36 Å². The maximum Gasteiger partial charge on any atom is 0.426 e. The molecule has 0 saturated carbocycles. The molecule has 134 valence electrons. The van der Waals surface area contributed by atoms with Gasteiger partial charge >= 0.3 is 12.1 Å². The highest BCUT2D eigenvalue weighted by atomic mass is 35.5. The number of aliphatic carboxylic acids is 1. The van der Waals surface area contributed by atoms with Crippen LogP contribution >= 0.6 is 34.5 Å². The number of alkyl halides is 3. The monoisotopic (exact) mass is 412 g/mol. The molecule has 0 amide bonds. The van der Waals surface area contributed by atoms with Crippen molar-refractivity contribution in [3.8, 4) is 17.2 Å². The standard InChI is InChI=1S/C15H9Cl2F3O4S/c16-9-2-6-1-8(14(21)22)13(15(18,19)20)24-10(6)4-11(9)23-7-3-12(17)25-5-7/h2-5,8,13H,1H2,(H,21,22). The van der Waals surface area contributed by atoms with Crippen LogP contribution in [0.5, 0.6) is 17.2 Å². The predicted molar refractivity (Wildman–Crippen MR) is 86.2 cm³/mol. The van der Waals surface area contributed by atoms with Gasteiger partial charge in [0.1, 0.15) is 23.2 Å². The molecule has 1 aromatic carbocycles. The van der Waals surface area contributed by atoms with Gasteiger partial charge in [-0.3, -0.25) is 4.79 Å². The Labute approximate surface area is 153 Å². The summed E-state index contributed by atoms with van der Waals surface area (Å²) in [4.78, 5) is 11.2. The van der Waals surface area contributed by atoms with Crippen molar-refractivity contribution in [2.45, 2.75) is 18.7 Å². The Hall–Kier alpha value is -1.64. The Kier molecular flexibility index (Phi) is 4.78. The molecule has 1 aliphatic heterocycles. The molecule has 0 fully saturated rings. The Bertz CT molecular complexity index is 822. The Balaban J connectivity index is 1.95. The molecule has 1 N–H and O–H groups in total. The molecule has 4 nitrogen and oxygen atoms in total. The van der Waals surface area contributed by atoms with Gasteiger partial charge in [0.15, 0.2) is 0 Å². The van der Waals surface area contributed by atoms with Gasteiger partial charge in [-0.25, -0.2) is 0 Å². The first-order valence-electron chi connectivity index (χ1n) is 6.85. The third-order valence-corrected chi connectivity index (χ3v) is 4.95. The molecule has 25 heavy (non-hydrogen) atoms. The smallest absolute Gasteiger partial charge is 0.426 e. The average molecular weight is 413 g/mol. The first-order chi connectivity index (χ1) is 11.6. The molecule has 0 radical (unpaired) electrons. The summed E-state index contributed by atoms with van der Waals surface area (Å²) in [7, 11) is 0. The van der Waals surface area contributed by atoms with E-state index in [1.165, 1.54) is 29.5 Å². The van der Waals surface area contributed by atoms with Gasteiger partial charge in [-0.1, -0.05) is 23.2 Å². The third-order valence-electron chi connectivity index (χ3n) is 3.59. The van der Waals surface area contributed by atoms with Crippen LogP contribution in [0.15, 0.2) is 23.6 Å².